The molecule has 5 rings (SSSR count). The highest BCUT2D eigenvalue weighted by atomic mass is 32.2. The molecule has 4 unspecified atom stereocenters. The summed E-state index contributed by atoms with van der Waals surface area (Å²) in [6, 6.07) is 14.9. The molecule has 4 atom stereocenters. The number of para-hydroxylation sites is 1. The van der Waals surface area contributed by atoms with Gasteiger partial charge >= 0.3 is 0 Å². The van der Waals surface area contributed by atoms with Crippen LogP contribution >= 0.6 is 11.8 Å². The summed E-state index contributed by atoms with van der Waals surface area (Å²) in [4.78, 5) is 42.3. The fourth-order valence-corrected chi connectivity index (χ4v) is 6.19. The van der Waals surface area contributed by atoms with Crippen LogP contribution in [0.4, 0.5) is 11.4 Å². The summed E-state index contributed by atoms with van der Waals surface area (Å²) in [7, 11) is 0. The maximum Gasteiger partial charge on any atom is 0.250 e. The topological polar surface area (TPSA) is 78.5 Å². The number of rotatable bonds is 7. The summed E-state index contributed by atoms with van der Waals surface area (Å²) in [6.07, 6.45) is 5.93. The molecule has 7 heteroatoms. The molecule has 2 saturated heterocycles. The number of anilines is 2. The highest BCUT2D eigenvalue weighted by Crippen LogP contribution is 2.53. The molecule has 6 nitrogen and oxygen atoms in total. The van der Waals surface area contributed by atoms with Crippen LogP contribution < -0.4 is 15.5 Å². The van der Waals surface area contributed by atoms with E-state index in [-0.39, 0.29) is 23.8 Å². The average molecular weight is 464 g/mol. The molecule has 2 N–H and O–H groups in total. The molecular formula is C26H29N3O3S. The van der Waals surface area contributed by atoms with Crippen molar-refractivity contribution in [3.63, 3.8) is 0 Å². The van der Waals surface area contributed by atoms with Crippen LogP contribution in [0.25, 0.3) is 0 Å². The molecule has 172 valence electrons. The predicted molar refractivity (Wildman–Crippen MR) is 131 cm³/mol. The lowest BCUT2D eigenvalue weighted by atomic mass is 9.76. The second-order valence-corrected chi connectivity index (χ2v) is 10.1. The number of hydrogen-bond acceptors (Lipinski definition) is 5. The van der Waals surface area contributed by atoms with Crippen molar-refractivity contribution in [1.82, 2.24) is 5.32 Å². The Kier molecular flexibility index (Phi) is 5.79. The van der Waals surface area contributed by atoms with E-state index in [1.54, 1.807) is 11.8 Å². The van der Waals surface area contributed by atoms with E-state index in [0.29, 0.717) is 17.8 Å². The Bertz CT molecular complexity index is 1100. The zero-order valence-electron chi connectivity index (χ0n) is 19.0. The standard InChI is InChI=1S/C26H29N3O3S/c1-3-4-7-16-10-12-17(13-11-16)29-23(30)21-20(14-15-33-2)28-26(22(21)24(29)31)18-8-5-6-9-19(18)27-25(26)32/h5-6,8-13,20-22,28H,3-4,7,14-15H2,1-2H3,(H,27,32). The number of imide groups is 1. The van der Waals surface area contributed by atoms with Crippen LogP contribution in [-0.4, -0.2) is 35.8 Å². The third kappa shape index (κ3) is 3.32. The number of thioether (sulfide) groups is 1. The molecule has 3 heterocycles. The molecule has 2 aromatic carbocycles. The monoisotopic (exact) mass is 463 g/mol. The van der Waals surface area contributed by atoms with E-state index in [1.165, 1.54) is 10.5 Å². The van der Waals surface area contributed by atoms with E-state index >= 15 is 0 Å². The van der Waals surface area contributed by atoms with Crippen molar-refractivity contribution < 1.29 is 14.4 Å². The maximum atomic E-state index is 13.9. The Morgan fingerprint density at radius 1 is 1.03 bits per heavy atom. The fourth-order valence-electron chi connectivity index (χ4n) is 5.70. The van der Waals surface area contributed by atoms with Crippen LogP contribution in [0.3, 0.4) is 0 Å². The lowest BCUT2D eigenvalue weighted by Crippen LogP contribution is -2.53. The smallest absolute Gasteiger partial charge is 0.250 e. The summed E-state index contributed by atoms with van der Waals surface area (Å²) < 4.78 is 0. The number of benzene rings is 2. The third-order valence-corrected chi connectivity index (χ3v) is 7.91. The number of fused-ring (bicyclic) bond motifs is 4. The molecule has 0 radical (unpaired) electrons. The molecule has 0 aliphatic carbocycles. The zero-order valence-corrected chi connectivity index (χ0v) is 19.8. The highest BCUT2D eigenvalue weighted by Gasteiger charge is 2.70. The van der Waals surface area contributed by atoms with Gasteiger partial charge in [0.05, 0.1) is 17.5 Å². The lowest BCUT2D eigenvalue weighted by molar-refractivity contribution is -0.130. The van der Waals surface area contributed by atoms with Crippen molar-refractivity contribution >= 4 is 40.9 Å². The van der Waals surface area contributed by atoms with Crippen molar-refractivity contribution in [2.24, 2.45) is 11.8 Å². The molecule has 33 heavy (non-hydrogen) atoms. The minimum atomic E-state index is -1.22. The summed E-state index contributed by atoms with van der Waals surface area (Å²) >= 11 is 1.70. The minimum absolute atomic E-state index is 0.209. The van der Waals surface area contributed by atoms with E-state index in [0.717, 1.165) is 30.6 Å². The van der Waals surface area contributed by atoms with Crippen LogP contribution in [0.2, 0.25) is 0 Å². The van der Waals surface area contributed by atoms with Gasteiger partial charge in [-0.05, 0) is 55.0 Å². The lowest BCUT2D eigenvalue weighted by Gasteiger charge is -2.29. The van der Waals surface area contributed by atoms with E-state index in [2.05, 4.69) is 17.6 Å². The second kappa shape index (κ2) is 8.61. The molecule has 2 fully saturated rings. The van der Waals surface area contributed by atoms with Crippen LogP contribution in [-0.2, 0) is 26.3 Å². The molecule has 0 saturated carbocycles. The van der Waals surface area contributed by atoms with Crippen molar-refractivity contribution in [2.75, 3.05) is 22.2 Å². The van der Waals surface area contributed by atoms with E-state index in [4.69, 9.17) is 0 Å². The van der Waals surface area contributed by atoms with Gasteiger partial charge in [-0.3, -0.25) is 19.7 Å². The molecule has 3 aliphatic heterocycles. The van der Waals surface area contributed by atoms with Gasteiger partial charge < -0.3 is 5.32 Å². The number of hydrogen-bond donors (Lipinski definition) is 2. The molecule has 0 bridgehead atoms. The van der Waals surface area contributed by atoms with Crippen LogP contribution in [0, 0.1) is 11.8 Å². The number of unbranched alkanes of at least 4 members (excludes halogenated alkanes) is 1. The normalized spacial score (nSPS) is 27.9. The Morgan fingerprint density at radius 2 is 1.79 bits per heavy atom. The fraction of sp³-hybridized carbons (Fsp3) is 0.423. The summed E-state index contributed by atoms with van der Waals surface area (Å²) in [6.45, 7) is 2.16. The maximum absolute atomic E-state index is 13.9. The molecule has 3 aliphatic rings. The number of nitrogens with one attached hydrogen (secondary N) is 2. The number of nitrogens with zero attached hydrogens (tertiary/aromatic N) is 1. The number of aryl methyl sites for hydroxylation is 1. The zero-order chi connectivity index (χ0) is 23.2. The Labute approximate surface area is 198 Å². The van der Waals surface area contributed by atoms with Crippen LogP contribution in [0.1, 0.15) is 37.3 Å². The van der Waals surface area contributed by atoms with Gasteiger partial charge in [0.2, 0.25) is 17.7 Å². The van der Waals surface area contributed by atoms with Gasteiger partial charge in [-0.2, -0.15) is 11.8 Å². The van der Waals surface area contributed by atoms with Gasteiger partial charge in [0, 0.05) is 17.3 Å². The Balaban J connectivity index is 1.55. The Hall–Kier alpha value is -2.64. The quantitative estimate of drug-likeness (QED) is 0.612. The second-order valence-electron chi connectivity index (χ2n) is 9.13. The average Bonchev–Trinajstić information content (AvgIpc) is 3.41. The predicted octanol–water partition coefficient (Wildman–Crippen LogP) is 3.71. The minimum Gasteiger partial charge on any atom is -0.324 e. The summed E-state index contributed by atoms with van der Waals surface area (Å²) in [5, 5.41) is 6.43. The van der Waals surface area contributed by atoms with Crippen molar-refractivity contribution in [2.45, 2.75) is 44.2 Å². The van der Waals surface area contributed by atoms with Gasteiger partial charge in [-0.1, -0.05) is 43.7 Å². The van der Waals surface area contributed by atoms with Gasteiger partial charge in [0.15, 0.2) is 0 Å². The molecule has 3 amide bonds. The van der Waals surface area contributed by atoms with Crippen molar-refractivity contribution in [3.05, 3.63) is 59.7 Å². The number of amides is 3. The first kappa shape index (κ1) is 22.2. The van der Waals surface area contributed by atoms with Gasteiger partial charge in [-0.25, -0.2) is 4.90 Å². The first-order chi connectivity index (χ1) is 16.0. The molecular weight excluding hydrogens is 434 g/mol. The number of carbonyl (C=O) groups is 3. The van der Waals surface area contributed by atoms with E-state index in [1.807, 2.05) is 54.8 Å². The first-order valence-corrected chi connectivity index (χ1v) is 13.1. The van der Waals surface area contributed by atoms with Gasteiger partial charge in [-0.15, -0.1) is 0 Å². The van der Waals surface area contributed by atoms with Crippen molar-refractivity contribution in [3.8, 4) is 0 Å². The van der Waals surface area contributed by atoms with Crippen LogP contribution in [0.15, 0.2) is 48.5 Å². The molecule has 0 aromatic heterocycles. The van der Waals surface area contributed by atoms with Crippen molar-refractivity contribution in [1.29, 1.82) is 0 Å². The molecule has 2 aromatic rings. The summed E-state index contributed by atoms with van der Waals surface area (Å²) in [5.41, 5.74) is 2.03. The van der Waals surface area contributed by atoms with Crippen LogP contribution in [0.5, 0.6) is 0 Å². The van der Waals surface area contributed by atoms with Gasteiger partial charge in [0.25, 0.3) is 0 Å². The molecule has 1 spiro atoms. The Morgan fingerprint density at radius 3 is 2.52 bits per heavy atom. The highest BCUT2D eigenvalue weighted by molar-refractivity contribution is 7.98. The largest absolute Gasteiger partial charge is 0.324 e. The van der Waals surface area contributed by atoms with E-state index in [9.17, 15) is 14.4 Å². The number of carbonyl (C=O) groups excluding carboxylic acids is 3. The third-order valence-electron chi connectivity index (χ3n) is 7.27. The van der Waals surface area contributed by atoms with Gasteiger partial charge in [0.1, 0.15) is 5.54 Å². The van der Waals surface area contributed by atoms with E-state index < -0.39 is 17.4 Å². The SMILES string of the molecule is CCCCc1ccc(N2C(=O)C3C(CCSC)NC4(C(=O)Nc5ccccc54)C3C2=O)cc1. The first-order valence-electron chi connectivity index (χ1n) is 11.7. The summed E-state index contributed by atoms with van der Waals surface area (Å²) in [5.74, 6) is -1.24.